The average molecular weight is 525 g/mol. The van der Waals surface area contributed by atoms with Crippen LogP contribution in [0, 0.1) is 0 Å². The molecule has 3 aliphatic heterocycles. The Morgan fingerprint density at radius 2 is 1.57 bits per heavy atom. The molecule has 37 heavy (non-hydrogen) atoms. The molecule has 2 amide bonds. The van der Waals surface area contributed by atoms with E-state index in [1.807, 2.05) is 29.3 Å². The second kappa shape index (κ2) is 12.0. The molecule has 2 atom stereocenters. The summed E-state index contributed by atoms with van der Waals surface area (Å²) in [5.41, 5.74) is 2.35. The van der Waals surface area contributed by atoms with Crippen molar-refractivity contribution in [2.45, 2.75) is 24.9 Å². The standard InChI is InChI=1S/C26H32N6O4S/c33-17-22-5-6-23(18-34)32(22)31-15-24(37-25(16-31)30-11-13-36-14-12-30)19-1-3-20(4-2-19)28-26(35)29-21-7-9-27-10-8-21/h1-4,7-10,15-16,22-23,33-34H,5-6,11-14,17-18H2,(H2,27,28,29,35). The molecule has 10 nitrogen and oxygen atoms in total. The van der Waals surface area contributed by atoms with Crippen LogP contribution < -0.4 is 10.6 Å². The second-order valence-corrected chi connectivity index (χ2v) is 10.1. The minimum Gasteiger partial charge on any atom is -0.395 e. The number of carbonyl (C=O) groups is 1. The Bertz CT molecular complexity index is 1110. The Morgan fingerprint density at radius 1 is 0.946 bits per heavy atom. The predicted octanol–water partition coefficient (Wildman–Crippen LogP) is 2.94. The number of rotatable bonds is 7. The monoisotopic (exact) mass is 524 g/mol. The van der Waals surface area contributed by atoms with Crippen LogP contribution in [0.2, 0.25) is 0 Å². The maximum atomic E-state index is 12.4. The zero-order chi connectivity index (χ0) is 25.6. The highest BCUT2D eigenvalue weighted by Gasteiger charge is 2.37. The van der Waals surface area contributed by atoms with Crippen molar-refractivity contribution in [3.63, 3.8) is 0 Å². The summed E-state index contributed by atoms with van der Waals surface area (Å²) in [5, 5.41) is 30.9. The minimum atomic E-state index is -0.326. The van der Waals surface area contributed by atoms with Crippen LogP contribution >= 0.6 is 11.8 Å². The molecule has 5 rings (SSSR count). The van der Waals surface area contributed by atoms with Gasteiger partial charge in [0.1, 0.15) is 0 Å². The molecule has 0 saturated carbocycles. The van der Waals surface area contributed by atoms with Gasteiger partial charge in [-0.25, -0.2) is 9.80 Å². The number of morpholine rings is 1. The SMILES string of the molecule is O=C(Nc1ccncc1)Nc1ccc(C2=CN(N3C(CO)CCC3CO)C=C(N3CCOCC3)S2)cc1. The first-order valence-corrected chi connectivity index (χ1v) is 13.3. The first-order chi connectivity index (χ1) is 18.1. The fourth-order valence-electron chi connectivity index (χ4n) is 4.75. The number of aliphatic hydroxyl groups is 2. The van der Waals surface area contributed by atoms with Crippen LogP contribution in [0.15, 0.2) is 66.2 Å². The topological polar surface area (TPSA) is 113 Å². The van der Waals surface area contributed by atoms with Crippen molar-refractivity contribution in [2.24, 2.45) is 0 Å². The highest BCUT2D eigenvalue weighted by atomic mass is 32.2. The molecule has 2 unspecified atom stereocenters. The third kappa shape index (κ3) is 6.08. The van der Waals surface area contributed by atoms with Gasteiger partial charge in [0.15, 0.2) is 0 Å². The van der Waals surface area contributed by atoms with Gasteiger partial charge in [0, 0.05) is 48.0 Å². The number of urea groups is 1. The van der Waals surface area contributed by atoms with Gasteiger partial charge in [-0.05, 0) is 42.7 Å². The number of hydrogen-bond donors (Lipinski definition) is 4. The summed E-state index contributed by atoms with van der Waals surface area (Å²) >= 11 is 1.69. The van der Waals surface area contributed by atoms with E-state index in [0.717, 1.165) is 41.4 Å². The number of thioether (sulfide) groups is 1. The number of carbonyl (C=O) groups excluding carboxylic acids is 1. The van der Waals surface area contributed by atoms with Gasteiger partial charge in [0.05, 0.1) is 49.7 Å². The molecule has 3 aliphatic rings. The van der Waals surface area contributed by atoms with Crippen molar-refractivity contribution in [1.82, 2.24) is 19.9 Å². The van der Waals surface area contributed by atoms with Crippen molar-refractivity contribution in [3.8, 4) is 0 Å². The number of hydrazine groups is 1. The van der Waals surface area contributed by atoms with Crippen molar-refractivity contribution in [2.75, 3.05) is 50.2 Å². The van der Waals surface area contributed by atoms with E-state index in [1.165, 1.54) is 0 Å². The number of nitrogens with zero attached hydrogens (tertiary/aromatic N) is 4. The molecule has 2 aromatic rings. The summed E-state index contributed by atoms with van der Waals surface area (Å²) in [6.07, 6.45) is 9.06. The van der Waals surface area contributed by atoms with E-state index < -0.39 is 0 Å². The van der Waals surface area contributed by atoms with E-state index in [0.29, 0.717) is 24.6 Å². The lowest BCUT2D eigenvalue weighted by Gasteiger charge is -2.41. The Balaban J connectivity index is 1.35. The minimum absolute atomic E-state index is 0.0337. The number of pyridine rings is 1. The summed E-state index contributed by atoms with van der Waals surface area (Å²) in [7, 11) is 0. The maximum Gasteiger partial charge on any atom is 0.323 e. The number of amides is 2. The normalized spacial score (nSPS) is 22.4. The zero-order valence-electron chi connectivity index (χ0n) is 20.5. The summed E-state index contributed by atoms with van der Waals surface area (Å²) in [5.74, 6) is 0. The number of aromatic nitrogens is 1. The molecule has 0 radical (unpaired) electrons. The molecule has 4 N–H and O–H groups in total. The van der Waals surface area contributed by atoms with Crippen LogP contribution in [-0.4, -0.2) is 87.7 Å². The van der Waals surface area contributed by atoms with Crippen molar-refractivity contribution < 1.29 is 19.7 Å². The van der Waals surface area contributed by atoms with Crippen molar-refractivity contribution in [3.05, 3.63) is 71.8 Å². The van der Waals surface area contributed by atoms with Crippen LogP contribution in [0.5, 0.6) is 0 Å². The van der Waals surface area contributed by atoms with E-state index in [1.54, 1.807) is 36.3 Å². The number of aliphatic hydroxyl groups excluding tert-OH is 2. The van der Waals surface area contributed by atoms with Gasteiger partial charge >= 0.3 is 6.03 Å². The number of benzene rings is 1. The summed E-state index contributed by atoms with van der Waals surface area (Å²) < 4.78 is 5.55. The average Bonchev–Trinajstić information content (AvgIpc) is 3.37. The second-order valence-electron chi connectivity index (χ2n) is 9.06. The van der Waals surface area contributed by atoms with Crippen molar-refractivity contribution >= 4 is 34.1 Å². The smallest absolute Gasteiger partial charge is 0.323 e. The third-order valence-corrected chi connectivity index (χ3v) is 7.80. The molecule has 0 aliphatic carbocycles. The first kappa shape index (κ1) is 25.6. The van der Waals surface area contributed by atoms with Crippen LogP contribution in [0.3, 0.4) is 0 Å². The number of anilines is 2. The highest BCUT2D eigenvalue weighted by Crippen LogP contribution is 2.41. The van der Waals surface area contributed by atoms with Crippen LogP contribution in [0.4, 0.5) is 16.2 Å². The van der Waals surface area contributed by atoms with Gasteiger partial charge in [0.2, 0.25) is 0 Å². The van der Waals surface area contributed by atoms with Gasteiger partial charge in [-0.1, -0.05) is 23.9 Å². The molecule has 0 spiro atoms. The number of ether oxygens (including phenoxy) is 1. The van der Waals surface area contributed by atoms with E-state index in [2.05, 4.69) is 37.9 Å². The van der Waals surface area contributed by atoms with Gasteiger partial charge in [-0.3, -0.25) is 9.99 Å². The molecule has 0 bridgehead atoms. The molecular formula is C26H32N6O4S. The molecule has 4 heterocycles. The van der Waals surface area contributed by atoms with E-state index >= 15 is 0 Å². The van der Waals surface area contributed by atoms with Crippen LogP contribution in [-0.2, 0) is 4.74 Å². The first-order valence-electron chi connectivity index (χ1n) is 12.5. The number of nitrogens with one attached hydrogen (secondary N) is 2. The Morgan fingerprint density at radius 3 is 2.19 bits per heavy atom. The molecule has 11 heteroatoms. The summed E-state index contributed by atoms with van der Waals surface area (Å²) in [6.45, 7) is 3.05. The van der Waals surface area contributed by atoms with Gasteiger partial charge < -0.3 is 30.5 Å². The predicted molar refractivity (Wildman–Crippen MR) is 144 cm³/mol. The molecule has 1 aromatic carbocycles. The third-order valence-electron chi connectivity index (χ3n) is 6.66. The molecule has 196 valence electrons. The Labute approximate surface area is 220 Å². The van der Waals surface area contributed by atoms with Crippen molar-refractivity contribution in [1.29, 1.82) is 0 Å². The maximum absolute atomic E-state index is 12.4. The van der Waals surface area contributed by atoms with E-state index in [-0.39, 0.29) is 31.3 Å². The number of hydrogen-bond acceptors (Lipinski definition) is 9. The quantitative estimate of drug-likeness (QED) is 0.434. The van der Waals surface area contributed by atoms with Crippen LogP contribution in [0.1, 0.15) is 18.4 Å². The summed E-state index contributed by atoms with van der Waals surface area (Å²) in [4.78, 5) is 19.7. The molecule has 2 saturated heterocycles. The summed E-state index contributed by atoms with van der Waals surface area (Å²) in [6, 6.07) is 10.7. The highest BCUT2D eigenvalue weighted by molar-refractivity contribution is 8.11. The van der Waals surface area contributed by atoms with Gasteiger partial charge in [-0.15, -0.1) is 0 Å². The Hall–Kier alpha value is -3.09. The fraction of sp³-hybridized carbons (Fsp3) is 0.385. The lowest BCUT2D eigenvalue weighted by molar-refractivity contribution is -0.0269. The van der Waals surface area contributed by atoms with E-state index in [9.17, 15) is 15.0 Å². The van der Waals surface area contributed by atoms with Gasteiger partial charge in [0.25, 0.3) is 0 Å². The fourth-order valence-corrected chi connectivity index (χ4v) is 5.87. The molecular weight excluding hydrogens is 492 g/mol. The lowest BCUT2D eigenvalue weighted by atomic mass is 10.2. The molecule has 1 aromatic heterocycles. The molecule has 2 fully saturated rings. The van der Waals surface area contributed by atoms with Gasteiger partial charge in [-0.2, -0.15) is 0 Å². The Kier molecular flexibility index (Phi) is 8.27. The van der Waals surface area contributed by atoms with Crippen LogP contribution in [0.25, 0.3) is 4.91 Å². The lowest BCUT2D eigenvalue weighted by Crippen LogP contribution is -2.48. The van der Waals surface area contributed by atoms with E-state index in [4.69, 9.17) is 4.74 Å². The largest absolute Gasteiger partial charge is 0.395 e. The zero-order valence-corrected chi connectivity index (χ0v) is 21.3.